The molecule has 0 unspecified atom stereocenters. The lowest BCUT2D eigenvalue weighted by atomic mass is 10.1. The van der Waals surface area contributed by atoms with Crippen molar-refractivity contribution in [1.82, 2.24) is 0 Å². The maximum atomic E-state index is 12.3. The fourth-order valence-corrected chi connectivity index (χ4v) is 2.22. The molecule has 2 rings (SSSR count). The molecule has 1 aliphatic heterocycles. The van der Waals surface area contributed by atoms with Crippen LogP contribution in [0.2, 0.25) is 0 Å². The molecule has 1 aromatic rings. The van der Waals surface area contributed by atoms with Crippen LogP contribution in [0.3, 0.4) is 0 Å². The molecule has 1 heterocycles. The molecule has 1 fully saturated rings. The molecular weight excluding hydrogens is 243 g/mol. The highest BCUT2D eigenvalue weighted by Gasteiger charge is 2.10. The van der Waals surface area contributed by atoms with Gasteiger partial charge in [-0.2, -0.15) is 0 Å². The maximum Gasteiger partial charge on any atom is 0.119 e. The first-order chi connectivity index (χ1) is 9.33. The van der Waals surface area contributed by atoms with Crippen LogP contribution in [-0.4, -0.2) is 26.2 Å². The van der Waals surface area contributed by atoms with Crippen molar-refractivity contribution >= 4 is 5.69 Å². The Morgan fingerprint density at radius 2 is 1.89 bits per heavy atom. The zero-order chi connectivity index (χ0) is 13.5. The summed E-state index contributed by atoms with van der Waals surface area (Å²) in [6, 6.07) is 7.97. The SMILES string of the molecule is NC/C(=C\F)COc1ccc(N2CCCCC2)cc1. The summed E-state index contributed by atoms with van der Waals surface area (Å²) >= 11 is 0. The van der Waals surface area contributed by atoms with Gasteiger partial charge >= 0.3 is 0 Å². The van der Waals surface area contributed by atoms with Crippen LogP contribution in [0.4, 0.5) is 10.1 Å². The third-order valence-electron chi connectivity index (χ3n) is 3.40. The lowest BCUT2D eigenvalue weighted by Crippen LogP contribution is -2.29. The molecule has 0 aromatic heterocycles. The molecule has 3 nitrogen and oxygen atoms in total. The molecule has 1 saturated heterocycles. The lowest BCUT2D eigenvalue weighted by molar-refractivity contribution is 0.347. The van der Waals surface area contributed by atoms with Crippen LogP contribution in [0.1, 0.15) is 19.3 Å². The van der Waals surface area contributed by atoms with Crippen molar-refractivity contribution in [2.75, 3.05) is 31.1 Å². The van der Waals surface area contributed by atoms with Crippen LogP contribution in [0.25, 0.3) is 0 Å². The zero-order valence-corrected chi connectivity index (χ0v) is 11.1. The molecule has 0 bridgehead atoms. The topological polar surface area (TPSA) is 38.5 Å². The first-order valence-electron chi connectivity index (χ1n) is 6.79. The van der Waals surface area contributed by atoms with Gasteiger partial charge in [-0.05, 0) is 43.5 Å². The maximum absolute atomic E-state index is 12.3. The fourth-order valence-electron chi connectivity index (χ4n) is 2.22. The van der Waals surface area contributed by atoms with Crippen molar-refractivity contribution in [2.24, 2.45) is 5.73 Å². The Bertz CT molecular complexity index is 411. The van der Waals surface area contributed by atoms with Gasteiger partial charge in [0, 0.05) is 30.9 Å². The number of piperidine rings is 1. The van der Waals surface area contributed by atoms with E-state index in [1.54, 1.807) is 0 Å². The van der Waals surface area contributed by atoms with E-state index in [9.17, 15) is 4.39 Å². The second-order valence-corrected chi connectivity index (χ2v) is 4.80. The second-order valence-electron chi connectivity index (χ2n) is 4.80. The lowest BCUT2D eigenvalue weighted by Gasteiger charge is -2.28. The molecule has 0 saturated carbocycles. The summed E-state index contributed by atoms with van der Waals surface area (Å²) in [4.78, 5) is 2.39. The van der Waals surface area contributed by atoms with E-state index in [1.165, 1.54) is 24.9 Å². The van der Waals surface area contributed by atoms with Crippen LogP contribution >= 0.6 is 0 Å². The minimum atomic E-state index is 0.183. The molecule has 0 aliphatic carbocycles. The standard InChI is InChI=1S/C15H21FN2O/c16-10-13(11-17)12-19-15-6-4-14(5-7-15)18-8-2-1-3-9-18/h4-7,10H,1-3,8-9,11-12,17H2/b13-10+. The quantitative estimate of drug-likeness (QED) is 0.888. The zero-order valence-electron chi connectivity index (χ0n) is 11.1. The van der Waals surface area contributed by atoms with Gasteiger partial charge in [0.05, 0.1) is 6.33 Å². The van der Waals surface area contributed by atoms with Crippen LogP contribution in [0.15, 0.2) is 36.2 Å². The third kappa shape index (κ3) is 3.96. The van der Waals surface area contributed by atoms with Crippen molar-refractivity contribution in [3.05, 3.63) is 36.2 Å². The van der Waals surface area contributed by atoms with E-state index in [0.717, 1.165) is 18.8 Å². The molecule has 19 heavy (non-hydrogen) atoms. The Morgan fingerprint density at radius 3 is 2.47 bits per heavy atom. The number of ether oxygens (including phenoxy) is 1. The Morgan fingerprint density at radius 1 is 1.21 bits per heavy atom. The van der Waals surface area contributed by atoms with Gasteiger partial charge in [-0.15, -0.1) is 0 Å². The number of nitrogens with zero attached hydrogens (tertiary/aromatic N) is 1. The van der Waals surface area contributed by atoms with Crippen LogP contribution in [0, 0.1) is 0 Å². The number of nitrogens with two attached hydrogens (primary N) is 1. The molecular formula is C15H21FN2O. The van der Waals surface area contributed by atoms with Gasteiger partial charge in [0.25, 0.3) is 0 Å². The molecule has 0 radical (unpaired) electrons. The van der Waals surface area contributed by atoms with Crippen molar-refractivity contribution < 1.29 is 9.13 Å². The van der Waals surface area contributed by atoms with Gasteiger partial charge < -0.3 is 15.4 Å². The first-order valence-corrected chi connectivity index (χ1v) is 6.79. The van der Waals surface area contributed by atoms with Gasteiger partial charge in [0.15, 0.2) is 0 Å². The summed E-state index contributed by atoms with van der Waals surface area (Å²) < 4.78 is 17.8. The van der Waals surface area contributed by atoms with E-state index in [1.807, 2.05) is 12.1 Å². The van der Waals surface area contributed by atoms with E-state index in [0.29, 0.717) is 11.9 Å². The molecule has 4 heteroatoms. The van der Waals surface area contributed by atoms with Gasteiger partial charge in [0.2, 0.25) is 0 Å². The summed E-state index contributed by atoms with van der Waals surface area (Å²) in [7, 11) is 0. The summed E-state index contributed by atoms with van der Waals surface area (Å²) in [6.07, 6.45) is 4.37. The third-order valence-corrected chi connectivity index (χ3v) is 3.40. The minimum absolute atomic E-state index is 0.183. The number of hydrogen-bond acceptors (Lipinski definition) is 3. The molecule has 0 amide bonds. The van der Waals surface area contributed by atoms with E-state index in [4.69, 9.17) is 10.5 Å². The molecule has 1 aliphatic rings. The highest BCUT2D eigenvalue weighted by Crippen LogP contribution is 2.22. The predicted molar refractivity (Wildman–Crippen MR) is 76.2 cm³/mol. The highest BCUT2D eigenvalue weighted by atomic mass is 19.1. The summed E-state index contributed by atoms with van der Waals surface area (Å²) in [6.45, 7) is 2.64. The summed E-state index contributed by atoms with van der Waals surface area (Å²) in [5.41, 5.74) is 7.06. The van der Waals surface area contributed by atoms with Crippen molar-refractivity contribution in [1.29, 1.82) is 0 Å². The normalized spacial score (nSPS) is 16.5. The highest BCUT2D eigenvalue weighted by molar-refractivity contribution is 5.49. The van der Waals surface area contributed by atoms with Crippen LogP contribution < -0.4 is 15.4 Å². The molecule has 104 valence electrons. The van der Waals surface area contributed by atoms with Crippen molar-refractivity contribution in [3.8, 4) is 5.75 Å². The Hall–Kier alpha value is -1.55. The van der Waals surface area contributed by atoms with E-state index < -0.39 is 0 Å². The number of rotatable bonds is 5. The summed E-state index contributed by atoms with van der Waals surface area (Å²) in [5.74, 6) is 0.744. The smallest absolute Gasteiger partial charge is 0.119 e. The van der Waals surface area contributed by atoms with Crippen molar-refractivity contribution in [2.45, 2.75) is 19.3 Å². The van der Waals surface area contributed by atoms with E-state index >= 15 is 0 Å². The number of benzene rings is 1. The van der Waals surface area contributed by atoms with E-state index in [2.05, 4.69) is 17.0 Å². The Balaban J connectivity index is 1.90. The van der Waals surface area contributed by atoms with Gasteiger partial charge in [0.1, 0.15) is 12.4 Å². The first kappa shape index (κ1) is 13.9. The van der Waals surface area contributed by atoms with Crippen LogP contribution in [0.5, 0.6) is 5.75 Å². The molecule has 2 N–H and O–H groups in total. The predicted octanol–water partition coefficient (Wildman–Crippen LogP) is 2.87. The molecule has 1 aromatic carbocycles. The van der Waals surface area contributed by atoms with E-state index in [-0.39, 0.29) is 13.2 Å². The van der Waals surface area contributed by atoms with Gasteiger partial charge in [-0.1, -0.05) is 0 Å². The van der Waals surface area contributed by atoms with Gasteiger partial charge in [-0.3, -0.25) is 0 Å². The largest absolute Gasteiger partial charge is 0.489 e. The number of anilines is 1. The number of halogens is 1. The minimum Gasteiger partial charge on any atom is -0.489 e. The number of hydrogen-bond donors (Lipinski definition) is 1. The van der Waals surface area contributed by atoms with Crippen molar-refractivity contribution in [3.63, 3.8) is 0 Å². The molecule has 0 atom stereocenters. The Labute approximate surface area is 113 Å². The summed E-state index contributed by atoms with van der Waals surface area (Å²) in [5, 5.41) is 0. The monoisotopic (exact) mass is 264 g/mol. The fraction of sp³-hybridized carbons (Fsp3) is 0.467. The second kappa shape index (κ2) is 7.14. The van der Waals surface area contributed by atoms with Gasteiger partial charge in [-0.25, -0.2) is 4.39 Å². The average molecular weight is 264 g/mol. The average Bonchev–Trinajstić information content (AvgIpc) is 2.50. The van der Waals surface area contributed by atoms with Crippen LogP contribution in [-0.2, 0) is 0 Å². The molecule has 0 spiro atoms. The Kier molecular flexibility index (Phi) is 5.21.